The van der Waals surface area contributed by atoms with Gasteiger partial charge in [0.05, 0.1) is 12.7 Å². The lowest BCUT2D eigenvalue weighted by Crippen LogP contribution is -2.60. The molecule has 3 fully saturated rings. The van der Waals surface area contributed by atoms with Crippen molar-refractivity contribution in [3.63, 3.8) is 0 Å². The van der Waals surface area contributed by atoms with Gasteiger partial charge < -0.3 is 19.9 Å². The summed E-state index contributed by atoms with van der Waals surface area (Å²) in [4.78, 5) is 29.0. The molecule has 1 saturated carbocycles. The number of amides is 2. The van der Waals surface area contributed by atoms with Crippen molar-refractivity contribution in [3.8, 4) is 0 Å². The predicted octanol–water partition coefficient (Wildman–Crippen LogP) is 1.43. The van der Waals surface area contributed by atoms with Crippen LogP contribution in [-0.4, -0.2) is 73.1 Å². The van der Waals surface area contributed by atoms with Crippen LogP contribution >= 0.6 is 12.4 Å². The number of morpholine rings is 1. The number of hydrogen-bond donors (Lipinski definition) is 1. The van der Waals surface area contributed by atoms with Crippen molar-refractivity contribution in [2.45, 2.75) is 57.6 Å². The molecule has 0 bridgehead atoms. The second kappa shape index (κ2) is 9.74. The van der Waals surface area contributed by atoms with Gasteiger partial charge in [-0.3, -0.25) is 9.59 Å². The lowest BCUT2D eigenvalue weighted by atomic mass is 9.86. The number of hydrogen-bond acceptors (Lipinski definition) is 4. The molecule has 0 spiro atoms. The maximum atomic E-state index is 12.6. The van der Waals surface area contributed by atoms with Gasteiger partial charge in [-0.2, -0.15) is 0 Å². The molecule has 0 aromatic heterocycles. The number of nitrogens with one attached hydrogen (secondary N) is 1. The minimum Gasteiger partial charge on any atom is -0.375 e. The Morgan fingerprint density at radius 3 is 2.32 bits per heavy atom. The molecule has 7 heteroatoms. The summed E-state index contributed by atoms with van der Waals surface area (Å²) in [6.45, 7) is 5.94. The second-order valence-electron chi connectivity index (χ2n) is 7.42. The van der Waals surface area contributed by atoms with E-state index in [0.29, 0.717) is 45.1 Å². The minimum absolute atomic E-state index is 0. The van der Waals surface area contributed by atoms with Gasteiger partial charge in [0.25, 0.3) is 0 Å². The van der Waals surface area contributed by atoms with E-state index < -0.39 is 0 Å². The van der Waals surface area contributed by atoms with Crippen LogP contribution in [0.1, 0.15) is 45.4 Å². The van der Waals surface area contributed by atoms with Crippen LogP contribution in [0.2, 0.25) is 0 Å². The molecule has 1 aliphatic carbocycles. The van der Waals surface area contributed by atoms with Crippen molar-refractivity contribution >= 4 is 24.2 Å². The Kier molecular flexibility index (Phi) is 7.97. The van der Waals surface area contributed by atoms with E-state index in [-0.39, 0.29) is 36.4 Å². The van der Waals surface area contributed by atoms with Crippen LogP contribution in [0.5, 0.6) is 0 Å². The normalized spacial score (nSPS) is 28.4. The highest BCUT2D eigenvalue weighted by molar-refractivity contribution is 5.85. The number of halogens is 1. The van der Waals surface area contributed by atoms with Crippen LogP contribution < -0.4 is 5.32 Å². The standard InChI is InChI=1S/C18H31N3O3.ClH/c1-14-17(19-7-12-24-14)18(23)21-10-8-20(9-11-21)16(22)13-15-5-3-2-4-6-15;/h14-15,17,19H,2-13H2,1H3;1H/t14-,17+;/m1./s1. The van der Waals surface area contributed by atoms with Gasteiger partial charge in [-0.05, 0) is 25.7 Å². The molecule has 2 amide bonds. The minimum atomic E-state index is -0.247. The fourth-order valence-electron chi connectivity index (χ4n) is 4.15. The van der Waals surface area contributed by atoms with Crippen molar-refractivity contribution in [3.05, 3.63) is 0 Å². The Hall–Kier alpha value is -0.850. The van der Waals surface area contributed by atoms with Gasteiger partial charge in [-0.15, -0.1) is 12.4 Å². The van der Waals surface area contributed by atoms with Crippen molar-refractivity contribution < 1.29 is 14.3 Å². The molecule has 3 aliphatic rings. The SMILES string of the molecule is C[C@H]1OCCN[C@@H]1C(=O)N1CCN(C(=O)CC2CCCCC2)CC1.Cl. The first-order valence-corrected chi connectivity index (χ1v) is 9.56. The van der Waals surface area contributed by atoms with Crippen molar-refractivity contribution in [2.24, 2.45) is 5.92 Å². The first-order chi connectivity index (χ1) is 11.6. The molecule has 0 aromatic rings. The highest BCUT2D eigenvalue weighted by Crippen LogP contribution is 2.27. The van der Waals surface area contributed by atoms with Gasteiger partial charge in [-0.1, -0.05) is 19.3 Å². The number of carbonyl (C=O) groups excluding carboxylic acids is 2. The summed E-state index contributed by atoms with van der Waals surface area (Å²) in [5, 5.41) is 3.26. The second-order valence-corrected chi connectivity index (χ2v) is 7.42. The van der Waals surface area contributed by atoms with E-state index >= 15 is 0 Å². The van der Waals surface area contributed by atoms with E-state index in [1.165, 1.54) is 32.1 Å². The fourth-order valence-corrected chi connectivity index (χ4v) is 4.15. The maximum Gasteiger partial charge on any atom is 0.242 e. The molecule has 6 nitrogen and oxygen atoms in total. The Bertz CT molecular complexity index is 449. The molecular weight excluding hydrogens is 342 g/mol. The summed E-state index contributed by atoms with van der Waals surface area (Å²) in [5.74, 6) is 0.971. The van der Waals surface area contributed by atoms with Crippen LogP contribution in [0.15, 0.2) is 0 Å². The lowest BCUT2D eigenvalue weighted by molar-refractivity contribution is -0.145. The lowest BCUT2D eigenvalue weighted by Gasteiger charge is -2.39. The zero-order valence-electron chi connectivity index (χ0n) is 15.2. The van der Waals surface area contributed by atoms with E-state index in [2.05, 4.69) is 5.32 Å². The average molecular weight is 374 g/mol. The zero-order chi connectivity index (χ0) is 16.9. The van der Waals surface area contributed by atoms with E-state index in [4.69, 9.17) is 4.74 Å². The van der Waals surface area contributed by atoms with Crippen molar-refractivity contribution in [1.29, 1.82) is 0 Å². The van der Waals surface area contributed by atoms with Crippen LogP contribution in [0.4, 0.5) is 0 Å². The third-order valence-corrected chi connectivity index (χ3v) is 5.71. The molecule has 2 aliphatic heterocycles. The predicted molar refractivity (Wildman–Crippen MR) is 98.8 cm³/mol. The Morgan fingerprint density at radius 1 is 1.04 bits per heavy atom. The number of nitrogens with zero attached hydrogens (tertiary/aromatic N) is 2. The van der Waals surface area contributed by atoms with Gasteiger partial charge >= 0.3 is 0 Å². The first kappa shape index (κ1) is 20.5. The topological polar surface area (TPSA) is 61.9 Å². The largest absolute Gasteiger partial charge is 0.375 e. The molecule has 2 saturated heterocycles. The molecule has 2 atom stereocenters. The highest BCUT2D eigenvalue weighted by atomic mass is 35.5. The first-order valence-electron chi connectivity index (χ1n) is 9.56. The van der Waals surface area contributed by atoms with Crippen molar-refractivity contribution in [1.82, 2.24) is 15.1 Å². The molecule has 144 valence electrons. The zero-order valence-corrected chi connectivity index (χ0v) is 16.1. The van der Waals surface area contributed by atoms with Crippen LogP contribution in [-0.2, 0) is 14.3 Å². The van der Waals surface area contributed by atoms with Gasteiger partial charge in [-0.25, -0.2) is 0 Å². The summed E-state index contributed by atoms with van der Waals surface area (Å²) >= 11 is 0. The Balaban J connectivity index is 0.00000225. The molecule has 0 unspecified atom stereocenters. The van der Waals surface area contributed by atoms with Gasteiger partial charge in [0.2, 0.25) is 11.8 Å². The van der Waals surface area contributed by atoms with Gasteiger partial charge in [0.15, 0.2) is 0 Å². The van der Waals surface area contributed by atoms with Crippen LogP contribution in [0, 0.1) is 5.92 Å². The van der Waals surface area contributed by atoms with E-state index in [0.717, 1.165) is 6.54 Å². The maximum absolute atomic E-state index is 12.6. The molecule has 2 heterocycles. The Morgan fingerprint density at radius 2 is 1.68 bits per heavy atom. The summed E-state index contributed by atoms with van der Waals surface area (Å²) in [7, 11) is 0. The number of rotatable bonds is 3. The molecule has 3 rings (SSSR count). The number of carbonyl (C=O) groups is 2. The van der Waals surface area contributed by atoms with Crippen LogP contribution in [0.25, 0.3) is 0 Å². The van der Waals surface area contributed by atoms with E-state index in [9.17, 15) is 9.59 Å². The third-order valence-electron chi connectivity index (χ3n) is 5.71. The highest BCUT2D eigenvalue weighted by Gasteiger charge is 2.34. The summed E-state index contributed by atoms with van der Waals surface area (Å²) in [6, 6.07) is -0.247. The third kappa shape index (κ3) is 5.31. The summed E-state index contributed by atoms with van der Waals surface area (Å²) in [6.07, 6.45) is 6.89. The number of ether oxygens (including phenoxy) is 1. The fraction of sp³-hybridized carbons (Fsp3) is 0.889. The molecule has 0 aromatic carbocycles. The van der Waals surface area contributed by atoms with Gasteiger partial charge in [0.1, 0.15) is 6.04 Å². The Labute approximate surface area is 157 Å². The van der Waals surface area contributed by atoms with E-state index in [1.807, 2.05) is 16.7 Å². The number of piperazine rings is 1. The summed E-state index contributed by atoms with van der Waals surface area (Å²) in [5.41, 5.74) is 0. The summed E-state index contributed by atoms with van der Waals surface area (Å²) < 4.78 is 5.57. The quantitative estimate of drug-likeness (QED) is 0.812. The molecular formula is C18H32ClN3O3. The van der Waals surface area contributed by atoms with Gasteiger partial charge in [0, 0.05) is 39.1 Å². The van der Waals surface area contributed by atoms with E-state index in [1.54, 1.807) is 0 Å². The molecule has 1 N–H and O–H groups in total. The van der Waals surface area contributed by atoms with Crippen molar-refractivity contribution in [2.75, 3.05) is 39.3 Å². The smallest absolute Gasteiger partial charge is 0.242 e. The molecule has 0 radical (unpaired) electrons. The van der Waals surface area contributed by atoms with Crippen LogP contribution in [0.3, 0.4) is 0 Å². The monoisotopic (exact) mass is 373 g/mol. The average Bonchev–Trinajstić information content (AvgIpc) is 2.62. The molecule has 25 heavy (non-hydrogen) atoms.